The molecule has 25 heavy (non-hydrogen) atoms. The highest BCUT2D eigenvalue weighted by Gasteiger charge is 2.24. The van der Waals surface area contributed by atoms with Gasteiger partial charge in [-0.3, -0.25) is 4.79 Å². The van der Waals surface area contributed by atoms with Crippen molar-refractivity contribution in [3.8, 4) is 0 Å². The molecule has 1 N–H and O–H groups in total. The van der Waals surface area contributed by atoms with Crippen LogP contribution in [0, 0.1) is 0 Å². The Labute approximate surface area is 149 Å². The molecule has 2 aromatic carbocycles. The second kappa shape index (κ2) is 7.80. The summed E-state index contributed by atoms with van der Waals surface area (Å²) in [6.45, 7) is 5.62. The van der Waals surface area contributed by atoms with Gasteiger partial charge in [0.15, 0.2) is 0 Å². The zero-order valence-corrected chi connectivity index (χ0v) is 15.8. The average Bonchev–Trinajstić information content (AvgIpc) is 2.61. The lowest BCUT2D eigenvalue weighted by atomic mass is 10.1. The molecular weight excluding hydrogens is 336 g/mol. The first-order chi connectivity index (χ1) is 11.8. The van der Waals surface area contributed by atoms with Crippen LogP contribution in [0.2, 0.25) is 0 Å². The molecule has 5 nitrogen and oxygen atoms in total. The fourth-order valence-electron chi connectivity index (χ4n) is 2.39. The first kappa shape index (κ1) is 19.1. The summed E-state index contributed by atoms with van der Waals surface area (Å²) in [5.74, 6) is -0.329. The summed E-state index contributed by atoms with van der Waals surface area (Å²) in [5.41, 5.74) is 2.07. The molecule has 0 spiro atoms. The molecule has 6 heteroatoms. The van der Waals surface area contributed by atoms with Crippen LogP contribution in [0.1, 0.15) is 36.7 Å². The van der Waals surface area contributed by atoms with Crippen LogP contribution in [0.15, 0.2) is 53.4 Å². The SMILES string of the molecule is CCc1ccccc1NC(=O)c1cccc(S(=O)(=O)N(C)C(C)C)c1. The highest BCUT2D eigenvalue weighted by Crippen LogP contribution is 2.20. The van der Waals surface area contributed by atoms with Crippen molar-refractivity contribution < 1.29 is 13.2 Å². The van der Waals surface area contributed by atoms with E-state index >= 15 is 0 Å². The van der Waals surface area contributed by atoms with E-state index in [0.29, 0.717) is 5.56 Å². The number of para-hydroxylation sites is 1. The van der Waals surface area contributed by atoms with Gasteiger partial charge in [-0.05, 0) is 50.1 Å². The molecule has 2 rings (SSSR count). The van der Waals surface area contributed by atoms with Gasteiger partial charge < -0.3 is 5.32 Å². The molecule has 0 heterocycles. The predicted molar refractivity (Wildman–Crippen MR) is 100 cm³/mol. The Morgan fingerprint density at radius 3 is 2.44 bits per heavy atom. The van der Waals surface area contributed by atoms with E-state index in [1.807, 2.05) is 31.2 Å². The number of carbonyl (C=O) groups excluding carboxylic acids is 1. The van der Waals surface area contributed by atoms with E-state index in [4.69, 9.17) is 0 Å². The number of nitrogens with zero attached hydrogens (tertiary/aromatic N) is 1. The third kappa shape index (κ3) is 4.27. The van der Waals surface area contributed by atoms with Crippen molar-refractivity contribution in [2.45, 2.75) is 38.1 Å². The van der Waals surface area contributed by atoms with E-state index in [0.717, 1.165) is 17.7 Å². The second-order valence-corrected chi connectivity index (χ2v) is 8.11. The summed E-state index contributed by atoms with van der Waals surface area (Å²) in [6.07, 6.45) is 0.796. The van der Waals surface area contributed by atoms with Gasteiger partial charge in [0.1, 0.15) is 0 Å². The minimum atomic E-state index is -3.63. The number of aryl methyl sites for hydroxylation is 1. The Morgan fingerprint density at radius 2 is 1.80 bits per heavy atom. The Morgan fingerprint density at radius 1 is 1.12 bits per heavy atom. The van der Waals surface area contributed by atoms with Crippen LogP contribution in [-0.2, 0) is 16.4 Å². The Balaban J connectivity index is 2.31. The number of rotatable bonds is 6. The molecule has 0 fully saturated rings. The third-order valence-electron chi connectivity index (χ3n) is 4.15. The topological polar surface area (TPSA) is 66.5 Å². The van der Waals surface area contributed by atoms with Gasteiger partial charge in [0, 0.05) is 24.3 Å². The largest absolute Gasteiger partial charge is 0.322 e. The maximum Gasteiger partial charge on any atom is 0.255 e. The van der Waals surface area contributed by atoms with E-state index in [1.165, 1.54) is 23.5 Å². The monoisotopic (exact) mass is 360 g/mol. The Bertz CT molecular complexity index is 860. The average molecular weight is 360 g/mol. The van der Waals surface area contributed by atoms with E-state index in [9.17, 15) is 13.2 Å². The van der Waals surface area contributed by atoms with Crippen molar-refractivity contribution >= 4 is 21.6 Å². The molecule has 0 atom stereocenters. The fraction of sp³-hybridized carbons (Fsp3) is 0.316. The van der Waals surface area contributed by atoms with Crippen LogP contribution < -0.4 is 5.32 Å². The van der Waals surface area contributed by atoms with E-state index < -0.39 is 10.0 Å². The van der Waals surface area contributed by atoms with Gasteiger partial charge in [0.2, 0.25) is 10.0 Å². The number of amides is 1. The zero-order valence-electron chi connectivity index (χ0n) is 15.0. The van der Waals surface area contributed by atoms with Gasteiger partial charge in [-0.1, -0.05) is 31.2 Å². The van der Waals surface area contributed by atoms with E-state index in [1.54, 1.807) is 26.0 Å². The summed E-state index contributed by atoms with van der Waals surface area (Å²) < 4.78 is 26.5. The van der Waals surface area contributed by atoms with Gasteiger partial charge in [-0.25, -0.2) is 8.42 Å². The molecule has 1 amide bonds. The van der Waals surface area contributed by atoms with Crippen LogP contribution in [-0.4, -0.2) is 31.7 Å². The first-order valence-corrected chi connectivity index (χ1v) is 9.68. The molecule has 0 aliphatic heterocycles. The molecule has 0 bridgehead atoms. The van der Waals surface area contributed by atoms with Gasteiger partial charge >= 0.3 is 0 Å². The highest BCUT2D eigenvalue weighted by molar-refractivity contribution is 7.89. The summed E-state index contributed by atoms with van der Waals surface area (Å²) in [7, 11) is -2.09. The predicted octanol–water partition coefficient (Wildman–Crippen LogP) is 3.53. The number of hydrogen-bond acceptors (Lipinski definition) is 3. The summed E-state index contributed by atoms with van der Waals surface area (Å²) in [4.78, 5) is 12.7. The first-order valence-electron chi connectivity index (χ1n) is 8.24. The summed E-state index contributed by atoms with van der Waals surface area (Å²) >= 11 is 0. The second-order valence-electron chi connectivity index (χ2n) is 6.11. The third-order valence-corrected chi connectivity index (χ3v) is 6.18. The lowest BCUT2D eigenvalue weighted by molar-refractivity contribution is 0.102. The standard InChI is InChI=1S/C19H24N2O3S/c1-5-15-9-6-7-12-18(15)20-19(22)16-10-8-11-17(13-16)25(23,24)21(4)14(2)3/h6-14H,5H2,1-4H3,(H,20,22). The quantitative estimate of drug-likeness (QED) is 0.857. The number of carbonyl (C=O) groups is 1. The smallest absolute Gasteiger partial charge is 0.255 e. The Kier molecular flexibility index (Phi) is 5.98. The number of nitrogens with one attached hydrogen (secondary N) is 1. The molecule has 0 saturated heterocycles. The fourth-order valence-corrected chi connectivity index (χ4v) is 3.80. The number of anilines is 1. The molecule has 0 aliphatic rings. The van der Waals surface area contributed by atoms with Crippen LogP contribution in [0.5, 0.6) is 0 Å². The molecule has 0 aromatic heterocycles. The molecule has 0 unspecified atom stereocenters. The normalized spacial score (nSPS) is 11.8. The molecule has 134 valence electrons. The lowest BCUT2D eigenvalue weighted by Gasteiger charge is -2.21. The zero-order chi connectivity index (χ0) is 18.6. The van der Waals surface area contributed by atoms with Crippen LogP contribution >= 0.6 is 0 Å². The van der Waals surface area contributed by atoms with Crippen LogP contribution in [0.3, 0.4) is 0 Å². The van der Waals surface area contributed by atoms with Crippen molar-refractivity contribution in [2.75, 3.05) is 12.4 Å². The van der Waals surface area contributed by atoms with Crippen molar-refractivity contribution in [3.63, 3.8) is 0 Å². The summed E-state index contributed by atoms with van der Waals surface area (Å²) in [5, 5.41) is 2.86. The van der Waals surface area contributed by atoms with Crippen molar-refractivity contribution in [3.05, 3.63) is 59.7 Å². The van der Waals surface area contributed by atoms with Gasteiger partial charge in [-0.15, -0.1) is 0 Å². The van der Waals surface area contributed by atoms with E-state index in [-0.39, 0.29) is 16.8 Å². The summed E-state index contributed by atoms with van der Waals surface area (Å²) in [6, 6.07) is 13.5. The lowest BCUT2D eigenvalue weighted by Crippen LogP contribution is -2.33. The molecule has 2 aromatic rings. The van der Waals surface area contributed by atoms with Crippen LogP contribution in [0.25, 0.3) is 0 Å². The molecule has 0 saturated carbocycles. The molecular formula is C19H24N2O3S. The van der Waals surface area contributed by atoms with E-state index in [2.05, 4.69) is 5.32 Å². The van der Waals surface area contributed by atoms with Crippen molar-refractivity contribution in [1.29, 1.82) is 0 Å². The minimum Gasteiger partial charge on any atom is -0.322 e. The van der Waals surface area contributed by atoms with Crippen LogP contribution in [0.4, 0.5) is 5.69 Å². The van der Waals surface area contributed by atoms with Gasteiger partial charge in [0.25, 0.3) is 5.91 Å². The number of sulfonamides is 1. The van der Waals surface area contributed by atoms with Crippen molar-refractivity contribution in [2.24, 2.45) is 0 Å². The van der Waals surface area contributed by atoms with Gasteiger partial charge in [-0.2, -0.15) is 4.31 Å². The Hall–Kier alpha value is -2.18. The maximum atomic E-state index is 12.6. The number of benzene rings is 2. The molecule has 0 aliphatic carbocycles. The van der Waals surface area contributed by atoms with Gasteiger partial charge in [0.05, 0.1) is 4.90 Å². The minimum absolute atomic E-state index is 0.111. The highest BCUT2D eigenvalue weighted by atomic mass is 32.2. The van der Waals surface area contributed by atoms with Crippen molar-refractivity contribution in [1.82, 2.24) is 4.31 Å². The molecule has 0 radical (unpaired) electrons. The maximum absolute atomic E-state index is 12.6. The number of hydrogen-bond donors (Lipinski definition) is 1.